The van der Waals surface area contributed by atoms with E-state index in [0.29, 0.717) is 28.8 Å². The van der Waals surface area contributed by atoms with Crippen LogP contribution in [0.1, 0.15) is 24.4 Å². The third-order valence-electron chi connectivity index (χ3n) is 3.10. The van der Waals surface area contributed by atoms with Gasteiger partial charge in [-0.05, 0) is 37.1 Å². The number of rotatable bonds is 5. The average molecular weight is 342 g/mol. The van der Waals surface area contributed by atoms with Crippen molar-refractivity contribution in [3.05, 3.63) is 46.0 Å². The number of amides is 2. The van der Waals surface area contributed by atoms with Gasteiger partial charge >= 0.3 is 6.03 Å². The van der Waals surface area contributed by atoms with E-state index in [-0.39, 0.29) is 12.1 Å². The minimum absolute atomic E-state index is 0.229. The van der Waals surface area contributed by atoms with Crippen LogP contribution in [-0.4, -0.2) is 27.3 Å². The number of halogens is 2. The highest BCUT2D eigenvalue weighted by Gasteiger charge is 2.13. The van der Waals surface area contributed by atoms with Gasteiger partial charge in [0.15, 0.2) is 5.82 Å². The fraction of sp³-hybridized carbons (Fsp3) is 0.357. The molecule has 2 aromatic rings. The van der Waals surface area contributed by atoms with Gasteiger partial charge in [-0.1, -0.05) is 23.2 Å². The molecule has 0 aliphatic rings. The summed E-state index contributed by atoms with van der Waals surface area (Å²) in [5.41, 5.74) is 0.971. The van der Waals surface area contributed by atoms with E-state index in [4.69, 9.17) is 23.2 Å². The third kappa shape index (κ3) is 4.61. The Balaban J connectivity index is 1.79. The zero-order valence-electron chi connectivity index (χ0n) is 12.3. The van der Waals surface area contributed by atoms with Gasteiger partial charge in [0.2, 0.25) is 0 Å². The number of aromatic nitrogens is 3. The fourth-order valence-corrected chi connectivity index (χ4v) is 2.64. The van der Waals surface area contributed by atoms with E-state index in [2.05, 4.69) is 20.8 Å². The SMILES string of the molecule is CC(NC(=O)NCCc1cc(Cl)cc(Cl)c1)c1nncn1C. The lowest BCUT2D eigenvalue weighted by Gasteiger charge is -2.13. The first-order chi connectivity index (χ1) is 10.5. The van der Waals surface area contributed by atoms with Crippen molar-refractivity contribution in [3.63, 3.8) is 0 Å². The largest absolute Gasteiger partial charge is 0.338 e. The molecule has 6 nitrogen and oxygen atoms in total. The van der Waals surface area contributed by atoms with E-state index in [1.807, 2.05) is 26.1 Å². The van der Waals surface area contributed by atoms with Crippen LogP contribution in [0.15, 0.2) is 24.5 Å². The minimum atomic E-state index is -0.261. The van der Waals surface area contributed by atoms with Crippen LogP contribution >= 0.6 is 23.2 Å². The van der Waals surface area contributed by atoms with Gasteiger partial charge in [-0.2, -0.15) is 0 Å². The van der Waals surface area contributed by atoms with E-state index in [0.717, 1.165) is 5.56 Å². The Morgan fingerprint density at radius 3 is 2.59 bits per heavy atom. The van der Waals surface area contributed by atoms with Gasteiger partial charge in [0, 0.05) is 23.6 Å². The van der Waals surface area contributed by atoms with E-state index in [1.54, 1.807) is 17.0 Å². The Morgan fingerprint density at radius 2 is 2.00 bits per heavy atom. The maximum atomic E-state index is 11.9. The predicted molar refractivity (Wildman–Crippen MR) is 86.1 cm³/mol. The molecule has 2 N–H and O–H groups in total. The molecular formula is C14H17Cl2N5O. The number of nitrogens with zero attached hydrogens (tertiary/aromatic N) is 3. The summed E-state index contributed by atoms with van der Waals surface area (Å²) in [5.74, 6) is 0.691. The molecule has 0 aliphatic carbocycles. The maximum absolute atomic E-state index is 11.9. The number of carbonyl (C=O) groups excluding carboxylic acids is 1. The van der Waals surface area contributed by atoms with Crippen molar-refractivity contribution in [2.45, 2.75) is 19.4 Å². The number of carbonyl (C=O) groups is 1. The fourth-order valence-electron chi connectivity index (χ4n) is 2.07. The molecule has 22 heavy (non-hydrogen) atoms. The molecule has 1 unspecified atom stereocenters. The van der Waals surface area contributed by atoms with Crippen LogP contribution in [0.2, 0.25) is 10.0 Å². The third-order valence-corrected chi connectivity index (χ3v) is 3.54. The van der Waals surface area contributed by atoms with Crippen molar-refractivity contribution < 1.29 is 4.79 Å². The van der Waals surface area contributed by atoms with Crippen molar-refractivity contribution in [2.75, 3.05) is 6.54 Å². The van der Waals surface area contributed by atoms with Crippen LogP contribution < -0.4 is 10.6 Å². The number of hydrogen-bond acceptors (Lipinski definition) is 3. The van der Waals surface area contributed by atoms with Crippen molar-refractivity contribution >= 4 is 29.2 Å². The Hall–Kier alpha value is -1.79. The quantitative estimate of drug-likeness (QED) is 0.878. The molecule has 118 valence electrons. The van der Waals surface area contributed by atoms with Crippen LogP contribution in [-0.2, 0) is 13.5 Å². The predicted octanol–water partition coefficient (Wildman–Crippen LogP) is 2.72. The van der Waals surface area contributed by atoms with Crippen LogP contribution in [0.3, 0.4) is 0 Å². The summed E-state index contributed by atoms with van der Waals surface area (Å²) in [6.07, 6.45) is 2.24. The van der Waals surface area contributed by atoms with Crippen LogP contribution in [0, 0.1) is 0 Å². The molecule has 0 spiro atoms. The maximum Gasteiger partial charge on any atom is 0.315 e. The molecule has 8 heteroatoms. The van der Waals surface area contributed by atoms with Gasteiger partial charge in [0.25, 0.3) is 0 Å². The smallest absolute Gasteiger partial charge is 0.315 e. The van der Waals surface area contributed by atoms with Crippen LogP contribution in [0.4, 0.5) is 4.79 Å². The second-order valence-corrected chi connectivity index (χ2v) is 5.82. The molecule has 0 bridgehead atoms. The molecule has 0 fully saturated rings. The monoisotopic (exact) mass is 341 g/mol. The zero-order valence-corrected chi connectivity index (χ0v) is 13.8. The van der Waals surface area contributed by atoms with Gasteiger partial charge in [-0.15, -0.1) is 10.2 Å². The Morgan fingerprint density at radius 1 is 1.32 bits per heavy atom. The Kier molecular flexibility index (Phi) is 5.63. The number of benzene rings is 1. The van der Waals surface area contributed by atoms with Crippen molar-refractivity contribution in [1.82, 2.24) is 25.4 Å². The highest BCUT2D eigenvalue weighted by Crippen LogP contribution is 2.19. The first kappa shape index (κ1) is 16.6. The van der Waals surface area contributed by atoms with E-state index in [9.17, 15) is 4.79 Å². The summed E-state index contributed by atoms with van der Waals surface area (Å²) in [5, 5.41) is 14.5. The second kappa shape index (κ2) is 7.47. The van der Waals surface area contributed by atoms with Gasteiger partial charge < -0.3 is 15.2 Å². The van der Waals surface area contributed by atoms with E-state index >= 15 is 0 Å². The summed E-state index contributed by atoms with van der Waals surface area (Å²) >= 11 is 11.9. The Bertz CT molecular complexity index is 638. The van der Waals surface area contributed by atoms with Crippen molar-refractivity contribution in [2.24, 2.45) is 7.05 Å². The lowest BCUT2D eigenvalue weighted by molar-refractivity contribution is 0.237. The van der Waals surface area contributed by atoms with Crippen LogP contribution in [0.5, 0.6) is 0 Å². The molecular weight excluding hydrogens is 325 g/mol. The van der Waals surface area contributed by atoms with E-state index in [1.165, 1.54) is 0 Å². The highest BCUT2D eigenvalue weighted by atomic mass is 35.5. The molecule has 0 saturated heterocycles. The van der Waals surface area contributed by atoms with Crippen molar-refractivity contribution in [1.29, 1.82) is 0 Å². The molecule has 2 amide bonds. The molecule has 0 radical (unpaired) electrons. The molecule has 0 aliphatic heterocycles. The molecule has 0 saturated carbocycles. The summed E-state index contributed by atoms with van der Waals surface area (Å²) in [6.45, 7) is 2.33. The standard InChI is InChI=1S/C14H17Cl2N5O/c1-9(13-20-18-8-21(13)2)19-14(22)17-4-3-10-5-11(15)7-12(16)6-10/h5-9H,3-4H2,1-2H3,(H2,17,19,22). The van der Waals surface area contributed by atoms with Gasteiger partial charge in [-0.25, -0.2) is 4.79 Å². The summed E-state index contributed by atoms with van der Waals surface area (Å²) in [7, 11) is 1.83. The Labute approximate surface area is 138 Å². The van der Waals surface area contributed by atoms with Gasteiger partial charge in [0.1, 0.15) is 6.33 Å². The molecule has 1 heterocycles. The van der Waals surface area contributed by atoms with Crippen LogP contribution in [0.25, 0.3) is 0 Å². The minimum Gasteiger partial charge on any atom is -0.338 e. The zero-order chi connectivity index (χ0) is 16.1. The molecule has 1 atom stereocenters. The molecule has 1 aromatic carbocycles. The first-order valence-electron chi connectivity index (χ1n) is 6.79. The second-order valence-electron chi connectivity index (χ2n) is 4.95. The number of nitrogens with one attached hydrogen (secondary N) is 2. The van der Waals surface area contributed by atoms with Crippen molar-refractivity contribution in [3.8, 4) is 0 Å². The lowest BCUT2D eigenvalue weighted by Crippen LogP contribution is -2.38. The average Bonchev–Trinajstić information content (AvgIpc) is 2.83. The normalized spacial score (nSPS) is 12.0. The first-order valence-corrected chi connectivity index (χ1v) is 7.54. The molecule has 1 aromatic heterocycles. The highest BCUT2D eigenvalue weighted by molar-refractivity contribution is 6.34. The summed E-state index contributed by atoms with van der Waals surface area (Å²) < 4.78 is 1.76. The summed E-state index contributed by atoms with van der Waals surface area (Å²) in [6, 6.07) is 4.84. The summed E-state index contributed by atoms with van der Waals surface area (Å²) in [4.78, 5) is 11.9. The molecule has 2 rings (SSSR count). The van der Waals surface area contributed by atoms with E-state index < -0.39 is 0 Å². The lowest BCUT2D eigenvalue weighted by atomic mass is 10.1. The number of aryl methyl sites for hydroxylation is 1. The number of hydrogen-bond donors (Lipinski definition) is 2. The van der Waals surface area contributed by atoms with Gasteiger partial charge in [-0.3, -0.25) is 0 Å². The van der Waals surface area contributed by atoms with Gasteiger partial charge in [0.05, 0.1) is 6.04 Å². The topological polar surface area (TPSA) is 71.8 Å². The number of urea groups is 1.